The van der Waals surface area contributed by atoms with Gasteiger partial charge in [-0.25, -0.2) is 0 Å². The fraction of sp³-hybridized carbons (Fsp3) is 0.833. The van der Waals surface area contributed by atoms with Crippen LogP contribution in [-0.2, 0) is 0 Å². The molecule has 1 nitrogen and oxygen atoms in total. The van der Waals surface area contributed by atoms with E-state index in [1.54, 1.807) is 11.8 Å². The van der Waals surface area contributed by atoms with E-state index in [4.69, 9.17) is 0 Å². The Morgan fingerprint density at radius 1 is 1.75 bits per heavy atom. The summed E-state index contributed by atoms with van der Waals surface area (Å²) < 4.78 is 0. The number of thioether (sulfide) groups is 1. The number of hydrogen-bond donors (Lipinski definition) is 0. The van der Waals surface area contributed by atoms with Crippen molar-refractivity contribution in [1.82, 2.24) is 0 Å². The summed E-state index contributed by atoms with van der Waals surface area (Å²) in [6, 6.07) is 0. The predicted octanol–water partition coefficient (Wildman–Crippen LogP) is 2.18. The molecule has 0 aromatic heterocycles. The molecule has 0 rings (SSSR count). The van der Waals surface area contributed by atoms with E-state index in [1.165, 1.54) is 0 Å². The number of rotatable bonds is 3. The molecule has 0 aromatic carbocycles. The molecule has 0 radical (unpaired) electrons. The lowest BCUT2D eigenvalue weighted by molar-refractivity contribution is 0.661. The van der Waals surface area contributed by atoms with Gasteiger partial charge in [0.25, 0.3) is 0 Å². The largest absolute Gasteiger partial charge is 0.284 e. The van der Waals surface area contributed by atoms with E-state index < -0.39 is 0 Å². The molecule has 0 bridgehead atoms. The molecule has 2 heteroatoms. The summed E-state index contributed by atoms with van der Waals surface area (Å²) in [7, 11) is 0. The van der Waals surface area contributed by atoms with Crippen LogP contribution < -0.4 is 0 Å². The van der Waals surface area contributed by atoms with Crippen molar-refractivity contribution in [3.05, 3.63) is 0 Å². The maximum Gasteiger partial charge on any atom is 0.102 e. The van der Waals surface area contributed by atoms with Crippen molar-refractivity contribution in [2.24, 2.45) is 4.99 Å². The molecule has 0 aliphatic heterocycles. The van der Waals surface area contributed by atoms with E-state index in [1.807, 2.05) is 0 Å². The average Bonchev–Trinajstić information content (AvgIpc) is 1.87. The zero-order chi connectivity index (χ0) is 6.62. The number of hydrogen-bond acceptors (Lipinski definition) is 2. The molecule has 1 unspecified atom stereocenters. The Morgan fingerprint density at radius 2 is 2.25 bits per heavy atom. The van der Waals surface area contributed by atoms with Gasteiger partial charge in [0.2, 0.25) is 0 Å². The Hall–Kier alpha value is 0.0200. The summed E-state index contributed by atoms with van der Waals surface area (Å²) in [6.45, 7) is 7.71. The molecular weight excluding hydrogens is 118 g/mol. The van der Waals surface area contributed by atoms with E-state index in [0.29, 0.717) is 0 Å². The first kappa shape index (κ1) is 8.02. The third-order valence-electron chi connectivity index (χ3n) is 1.43. The quantitative estimate of drug-likeness (QED) is 0.535. The minimum absolute atomic E-state index is 0.0556. The van der Waals surface area contributed by atoms with Gasteiger partial charge in [-0.3, -0.25) is 4.99 Å². The Kier molecular flexibility index (Phi) is 3.13. The van der Waals surface area contributed by atoms with Gasteiger partial charge < -0.3 is 0 Å². The van der Waals surface area contributed by atoms with E-state index in [0.717, 1.165) is 6.42 Å². The first-order valence-electron chi connectivity index (χ1n) is 2.71. The number of aliphatic imine (C=N–C) groups is 1. The normalized spacial score (nSPS) is 17.4. The SMILES string of the molecule is C=NC(C)(CC)SC. The summed E-state index contributed by atoms with van der Waals surface area (Å²) in [4.78, 5) is 4.03. The van der Waals surface area contributed by atoms with Gasteiger partial charge in [-0.15, -0.1) is 11.8 Å². The fourth-order valence-electron chi connectivity index (χ4n) is 0.321. The highest BCUT2D eigenvalue weighted by molar-refractivity contribution is 7.99. The van der Waals surface area contributed by atoms with Crippen LogP contribution >= 0.6 is 11.8 Å². The van der Waals surface area contributed by atoms with Crippen LogP contribution in [0, 0.1) is 0 Å². The van der Waals surface area contributed by atoms with Gasteiger partial charge in [0.15, 0.2) is 0 Å². The van der Waals surface area contributed by atoms with Crippen molar-refractivity contribution in [1.29, 1.82) is 0 Å². The van der Waals surface area contributed by atoms with Crippen LogP contribution in [0.2, 0.25) is 0 Å². The Morgan fingerprint density at radius 3 is 2.25 bits per heavy atom. The van der Waals surface area contributed by atoms with Gasteiger partial charge in [0.1, 0.15) is 4.87 Å². The van der Waals surface area contributed by atoms with Crippen molar-refractivity contribution in [2.45, 2.75) is 25.1 Å². The van der Waals surface area contributed by atoms with E-state index in [-0.39, 0.29) is 4.87 Å². The molecule has 0 N–H and O–H groups in total. The number of nitrogens with zero attached hydrogens (tertiary/aromatic N) is 1. The van der Waals surface area contributed by atoms with Crippen molar-refractivity contribution in [2.75, 3.05) is 6.26 Å². The van der Waals surface area contributed by atoms with Crippen molar-refractivity contribution in [3.63, 3.8) is 0 Å². The molecule has 0 aliphatic carbocycles. The maximum absolute atomic E-state index is 3.97. The van der Waals surface area contributed by atoms with Crippen LogP contribution in [0.25, 0.3) is 0 Å². The minimum atomic E-state index is 0.0556. The molecule has 0 saturated heterocycles. The molecule has 8 heavy (non-hydrogen) atoms. The monoisotopic (exact) mass is 131 g/mol. The smallest absolute Gasteiger partial charge is 0.102 e. The Labute approximate surface area is 55.6 Å². The van der Waals surface area contributed by atoms with Crippen LogP contribution in [0.1, 0.15) is 20.3 Å². The van der Waals surface area contributed by atoms with Crippen molar-refractivity contribution >= 4 is 18.5 Å². The first-order valence-corrected chi connectivity index (χ1v) is 3.94. The van der Waals surface area contributed by atoms with Gasteiger partial charge in [0.05, 0.1) is 0 Å². The second kappa shape index (κ2) is 3.13. The van der Waals surface area contributed by atoms with Gasteiger partial charge in [-0.2, -0.15) is 0 Å². The molecule has 0 aliphatic rings. The lowest BCUT2D eigenvalue weighted by Gasteiger charge is -2.18. The summed E-state index contributed by atoms with van der Waals surface area (Å²) in [5.41, 5.74) is 0. The highest BCUT2D eigenvalue weighted by Gasteiger charge is 2.15. The molecule has 0 aromatic rings. The highest BCUT2D eigenvalue weighted by atomic mass is 32.2. The Bertz CT molecular complexity index is 76.6. The summed E-state index contributed by atoms with van der Waals surface area (Å²) in [5, 5.41) is 0. The van der Waals surface area contributed by atoms with E-state index in [9.17, 15) is 0 Å². The van der Waals surface area contributed by atoms with Crippen molar-refractivity contribution < 1.29 is 0 Å². The summed E-state index contributed by atoms with van der Waals surface area (Å²) in [5.74, 6) is 0. The fourth-order valence-corrected chi connectivity index (χ4v) is 0.738. The van der Waals surface area contributed by atoms with Crippen LogP contribution in [0.3, 0.4) is 0 Å². The molecule has 0 saturated carbocycles. The van der Waals surface area contributed by atoms with Crippen LogP contribution in [0.15, 0.2) is 4.99 Å². The van der Waals surface area contributed by atoms with E-state index in [2.05, 4.69) is 31.8 Å². The minimum Gasteiger partial charge on any atom is -0.284 e. The molecule has 1 atom stereocenters. The van der Waals surface area contributed by atoms with Gasteiger partial charge in [-0.1, -0.05) is 6.92 Å². The molecule has 0 fully saturated rings. The van der Waals surface area contributed by atoms with Crippen LogP contribution in [0.5, 0.6) is 0 Å². The molecular formula is C6H13NS. The maximum atomic E-state index is 3.97. The average molecular weight is 131 g/mol. The lowest BCUT2D eigenvalue weighted by Crippen LogP contribution is -2.12. The van der Waals surface area contributed by atoms with Gasteiger partial charge in [-0.05, 0) is 26.3 Å². The lowest BCUT2D eigenvalue weighted by atomic mass is 10.3. The third kappa shape index (κ3) is 1.86. The first-order chi connectivity index (χ1) is 3.68. The molecule has 0 amide bonds. The van der Waals surface area contributed by atoms with Crippen molar-refractivity contribution in [3.8, 4) is 0 Å². The molecule has 48 valence electrons. The highest BCUT2D eigenvalue weighted by Crippen LogP contribution is 2.26. The van der Waals surface area contributed by atoms with Gasteiger partial charge in [0, 0.05) is 0 Å². The summed E-state index contributed by atoms with van der Waals surface area (Å²) in [6.07, 6.45) is 3.11. The zero-order valence-corrected chi connectivity index (χ0v) is 6.59. The topological polar surface area (TPSA) is 12.4 Å². The van der Waals surface area contributed by atoms with Crippen LogP contribution in [0.4, 0.5) is 0 Å². The second-order valence-electron chi connectivity index (χ2n) is 1.89. The van der Waals surface area contributed by atoms with Crippen LogP contribution in [-0.4, -0.2) is 17.8 Å². The molecule has 0 spiro atoms. The molecule has 0 heterocycles. The van der Waals surface area contributed by atoms with E-state index >= 15 is 0 Å². The zero-order valence-electron chi connectivity index (χ0n) is 5.77. The Balaban J connectivity index is 3.76. The summed E-state index contributed by atoms with van der Waals surface area (Å²) >= 11 is 1.74. The predicted molar refractivity (Wildman–Crippen MR) is 41.8 cm³/mol. The third-order valence-corrected chi connectivity index (χ3v) is 2.73. The second-order valence-corrected chi connectivity index (χ2v) is 3.18. The van der Waals surface area contributed by atoms with Gasteiger partial charge >= 0.3 is 0 Å². The standard InChI is InChI=1S/C6H13NS/c1-5-6(2,7-3)8-4/h3,5H2,1-2,4H3.